The number of rotatable bonds is 5. The second-order valence-electron chi connectivity index (χ2n) is 5.60. The average molecular weight is 397 g/mol. The zero-order valence-electron chi connectivity index (χ0n) is 14.0. The lowest BCUT2D eigenvalue weighted by Gasteiger charge is -2.14. The summed E-state index contributed by atoms with van der Waals surface area (Å²) in [7, 11) is -4.10. The van der Waals surface area contributed by atoms with E-state index in [2.05, 4.69) is 5.32 Å². The summed E-state index contributed by atoms with van der Waals surface area (Å²) in [5, 5.41) is 7.56. The van der Waals surface area contributed by atoms with Crippen molar-refractivity contribution in [3.05, 3.63) is 58.6 Å². The Bertz CT molecular complexity index is 959. The highest BCUT2D eigenvalue weighted by molar-refractivity contribution is 7.89. The van der Waals surface area contributed by atoms with Gasteiger partial charge in [-0.25, -0.2) is 18.4 Å². The van der Waals surface area contributed by atoms with Crippen molar-refractivity contribution in [2.45, 2.75) is 24.8 Å². The molecule has 0 radical (unpaired) electrons. The van der Waals surface area contributed by atoms with Gasteiger partial charge in [-0.1, -0.05) is 23.7 Å². The van der Waals surface area contributed by atoms with Crippen molar-refractivity contribution >= 4 is 39.2 Å². The number of nitrogens with two attached hydrogens (primary N) is 1. The zero-order valence-corrected chi connectivity index (χ0v) is 15.6. The van der Waals surface area contributed by atoms with Gasteiger partial charge in [0.2, 0.25) is 10.0 Å². The van der Waals surface area contributed by atoms with Crippen molar-refractivity contribution in [3.8, 4) is 0 Å². The molecule has 0 aliphatic rings. The van der Waals surface area contributed by atoms with E-state index in [9.17, 15) is 18.0 Å². The molecule has 9 heteroatoms. The Morgan fingerprint density at radius 1 is 1.19 bits per heavy atom. The first-order valence-electron chi connectivity index (χ1n) is 7.49. The first-order chi connectivity index (χ1) is 12.1. The van der Waals surface area contributed by atoms with Gasteiger partial charge in [-0.15, -0.1) is 0 Å². The molecule has 0 bridgehead atoms. The number of hydrogen-bond donors (Lipinski definition) is 2. The van der Waals surface area contributed by atoms with E-state index >= 15 is 0 Å². The number of primary sulfonamides is 1. The van der Waals surface area contributed by atoms with E-state index in [-0.39, 0.29) is 10.6 Å². The number of ether oxygens (including phenoxy) is 1. The van der Waals surface area contributed by atoms with E-state index < -0.39 is 32.9 Å². The van der Waals surface area contributed by atoms with Gasteiger partial charge in [-0.2, -0.15) is 0 Å². The fourth-order valence-electron chi connectivity index (χ4n) is 2.10. The zero-order chi connectivity index (χ0) is 19.5. The molecule has 0 heterocycles. The Balaban J connectivity index is 2.10. The Kier molecular flexibility index (Phi) is 6.01. The van der Waals surface area contributed by atoms with Gasteiger partial charge in [0.1, 0.15) is 4.90 Å². The molecule has 0 saturated heterocycles. The summed E-state index contributed by atoms with van der Waals surface area (Å²) >= 11 is 5.77. The molecule has 0 aromatic heterocycles. The van der Waals surface area contributed by atoms with Crippen LogP contribution in [-0.2, 0) is 19.6 Å². The van der Waals surface area contributed by atoms with Crippen LogP contribution in [0.3, 0.4) is 0 Å². The van der Waals surface area contributed by atoms with E-state index in [4.69, 9.17) is 21.5 Å². The SMILES string of the molecule is Cc1cccc(NC(=O)[C@@H](C)OC(=O)c2ccc(Cl)c(S(N)(=O)=O)c2)c1. The Labute approximate surface area is 156 Å². The van der Waals surface area contributed by atoms with Crippen LogP contribution in [0.5, 0.6) is 0 Å². The van der Waals surface area contributed by atoms with E-state index in [1.54, 1.807) is 18.2 Å². The van der Waals surface area contributed by atoms with Gasteiger partial charge < -0.3 is 10.1 Å². The number of carbonyl (C=O) groups is 2. The molecule has 2 rings (SSSR count). The van der Waals surface area contributed by atoms with E-state index in [1.807, 2.05) is 13.0 Å². The van der Waals surface area contributed by atoms with Gasteiger partial charge in [0.15, 0.2) is 6.10 Å². The fourth-order valence-corrected chi connectivity index (χ4v) is 3.17. The van der Waals surface area contributed by atoms with Crippen LogP contribution in [0, 0.1) is 6.92 Å². The summed E-state index contributed by atoms with van der Waals surface area (Å²) in [6.45, 7) is 3.28. The van der Waals surface area contributed by atoms with E-state index in [1.165, 1.54) is 19.1 Å². The molecule has 0 aliphatic carbocycles. The maximum absolute atomic E-state index is 12.2. The second kappa shape index (κ2) is 7.86. The van der Waals surface area contributed by atoms with Crippen molar-refractivity contribution < 1.29 is 22.7 Å². The standard InChI is InChI=1S/C17H17ClN2O5S/c1-10-4-3-5-13(8-10)20-16(21)11(2)25-17(22)12-6-7-14(18)15(9-12)26(19,23)24/h3-9,11H,1-2H3,(H,20,21)(H2,19,23,24)/t11-/m1/s1. The van der Waals surface area contributed by atoms with E-state index in [0.29, 0.717) is 5.69 Å². The molecule has 0 fully saturated rings. The second-order valence-corrected chi connectivity index (χ2v) is 7.53. The van der Waals surface area contributed by atoms with Crippen molar-refractivity contribution in [1.82, 2.24) is 0 Å². The molecule has 0 aliphatic heterocycles. The minimum absolute atomic E-state index is 0.0892. The molecule has 26 heavy (non-hydrogen) atoms. The highest BCUT2D eigenvalue weighted by Gasteiger charge is 2.21. The average Bonchev–Trinajstić information content (AvgIpc) is 2.54. The van der Waals surface area contributed by atoms with Gasteiger partial charge in [0.25, 0.3) is 5.91 Å². The maximum Gasteiger partial charge on any atom is 0.338 e. The molecule has 0 unspecified atom stereocenters. The fraction of sp³-hybridized carbons (Fsp3) is 0.176. The lowest BCUT2D eigenvalue weighted by molar-refractivity contribution is -0.123. The summed E-state index contributed by atoms with van der Waals surface area (Å²) in [4.78, 5) is 23.9. The third kappa shape index (κ3) is 5.04. The Morgan fingerprint density at radius 3 is 2.50 bits per heavy atom. The van der Waals surface area contributed by atoms with Crippen molar-refractivity contribution in [2.75, 3.05) is 5.32 Å². The lowest BCUT2D eigenvalue weighted by Crippen LogP contribution is -2.30. The third-order valence-corrected chi connectivity index (χ3v) is 4.80. The monoisotopic (exact) mass is 396 g/mol. The van der Waals surface area contributed by atoms with Crippen LogP contribution in [0.15, 0.2) is 47.4 Å². The number of benzene rings is 2. The number of hydrogen-bond acceptors (Lipinski definition) is 5. The van der Waals surface area contributed by atoms with Crippen molar-refractivity contribution in [2.24, 2.45) is 5.14 Å². The summed E-state index contributed by atoms with van der Waals surface area (Å²) in [6, 6.07) is 10.6. The van der Waals surface area contributed by atoms with Gasteiger partial charge in [-0.3, -0.25) is 4.79 Å². The molecule has 3 N–H and O–H groups in total. The van der Waals surface area contributed by atoms with Crippen LogP contribution in [-0.4, -0.2) is 26.4 Å². The third-order valence-electron chi connectivity index (χ3n) is 3.41. The molecule has 7 nitrogen and oxygen atoms in total. The summed E-state index contributed by atoms with van der Waals surface area (Å²) < 4.78 is 28.0. The van der Waals surface area contributed by atoms with Gasteiger partial charge in [0, 0.05) is 5.69 Å². The van der Waals surface area contributed by atoms with Crippen LogP contribution < -0.4 is 10.5 Å². The highest BCUT2D eigenvalue weighted by Crippen LogP contribution is 2.22. The predicted molar refractivity (Wildman–Crippen MR) is 97.5 cm³/mol. The number of carbonyl (C=O) groups excluding carboxylic acids is 2. The minimum Gasteiger partial charge on any atom is -0.449 e. The van der Waals surface area contributed by atoms with Gasteiger partial charge in [0.05, 0.1) is 10.6 Å². The van der Waals surface area contributed by atoms with Crippen LogP contribution >= 0.6 is 11.6 Å². The molecular formula is C17H17ClN2O5S. The molecule has 0 saturated carbocycles. The first-order valence-corrected chi connectivity index (χ1v) is 9.41. The molecule has 1 amide bonds. The van der Waals surface area contributed by atoms with Crippen LogP contribution in [0.2, 0.25) is 5.02 Å². The number of anilines is 1. The smallest absolute Gasteiger partial charge is 0.338 e. The van der Waals surface area contributed by atoms with Crippen LogP contribution in [0.4, 0.5) is 5.69 Å². The quantitative estimate of drug-likeness (QED) is 0.753. The summed E-state index contributed by atoms with van der Waals surface area (Å²) in [5.41, 5.74) is 1.44. The largest absolute Gasteiger partial charge is 0.449 e. The van der Waals surface area contributed by atoms with Crippen molar-refractivity contribution in [1.29, 1.82) is 0 Å². The normalized spacial score (nSPS) is 12.3. The number of halogens is 1. The number of nitrogens with one attached hydrogen (secondary N) is 1. The summed E-state index contributed by atoms with van der Waals surface area (Å²) in [5.74, 6) is -1.40. The minimum atomic E-state index is -4.10. The number of esters is 1. The van der Waals surface area contributed by atoms with Crippen molar-refractivity contribution in [3.63, 3.8) is 0 Å². The maximum atomic E-state index is 12.2. The highest BCUT2D eigenvalue weighted by atomic mass is 35.5. The number of amides is 1. The van der Waals surface area contributed by atoms with Crippen LogP contribution in [0.1, 0.15) is 22.8 Å². The molecule has 0 spiro atoms. The molecule has 138 valence electrons. The first kappa shape index (κ1) is 19.9. The van der Waals surface area contributed by atoms with Gasteiger partial charge >= 0.3 is 5.97 Å². The number of aryl methyl sites for hydroxylation is 1. The number of sulfonamides is 1. The predicted octanol–water partition coefficient (Wildman–Crippen LogP) is 2.48. The van der Waals surface area contributed by atoms with Gasteiger partial charge in [-0.05, 0) is 49.7 Å². The van der Waals surface area contributed by atoms with E-state index in [0.717, 1.165) is 11.6 Å². The Morgan fingerprint density at radius 2 is 1.88 bits per heavy atom. The summed E-state index contributed by atoms with van der Waals surface area (Å²) in [6.07, 6.45) is -1.10. The molecule has 1 atom stereocenters. The lowest BCUT2D eigenvalue weighted by atomic mass is 10.2. The molecular weight excluding hydrogens is 380 g/mol. The molecule has 2 aromatic carbocycles. The Hall–Kier alpha value is -2.42. The van der Waals surface area contributed by atoms with Crippen LogP contribution in [0.25, 0.3) is 0 Å². The topological polar surface area (TPSA) is 116 Å². The molecule has 2 aromatic rings.